The van der Waals surface area contributed by atoms with Gasteiger partial charge >= 0.3 is 5.97 Å². The Bertz CT molecular complexity index is 516. The first-order valence-electron chi connectivity index (χ1n) is 5.80. The van der Waals surface area contributed by atoms with E-state index in [0.717, 1.165) is 9.87 Å². The average Bonchev–Trinajstić information content (AvgIpc) is 2.37. The van der Waals surface area contributed by atoms with Gasteiger partial charge in [0.2, 0.25) is 0 Å². The normalized spacial score (nSPS) is 13.4. The maximum Gasteiger partial charge on any atom is 0.307 e. The Morgan fingerprint density at radius 3 is 2.47 bits per heavy atom. The molecule has 0 heterocycles. The summed E-state index contributed by atoms with van der Waals surface area (Å²) >= 11 is 0. The maximum absolute atomic E-state index is 11.9. The molecule has 0 saturated heterocycles. The standard InChI is InChI=1S/C12H18N2O4S/c1-10(12(15)16)9-14(2)19(17,18)13-8-11-6-4-3-5-7-11/h3-7,10,13H,8-9H2,1-2H3,(H,15,16). The van der Waals surface area contributed by atoms with E-state index in [1.807, 2.05) is 30.3 Å². The van der Waals surface area contributed by atoms with Crippen molar-refractivity contribution in [1.29, 1.82) is 0 Å². The quantitative estimate of drug-likeness (QED) is 0.771. The molecule has 1 atom stereocenters. The van der Waals surface area contributed by atoms with Gasteiger partial charge in [-0.2, -0.15) is 17.4 Å². The molecule has 106 valence electrons. The molecular weight excluding hydrogens is 268 g/mol. The van der Waals surface area contributed by atoms with E-state index < -0.39 is 22.1 Å². The molecule has 0 saturated carbocycles. The van der Waals surface area contributed by atoms with Crippen molar-refractivity contribution >= 4 is 16.2 Å². The van der Waals surface area contributed by atoms with Gasteiger partial charge in [0.05, 0.1) is 5.92 Å². The lowest BCUT2D eigenvalue weighted by molar-refractivity contribution is -0.141. The van der Waals surface area contributed by atoms with Gasteiger partial charge in [-0.1, -0.05) is 37.3 Å². The van der Waals surface area contributed by atoms with Crippen LogP contribution in [0.3, 0.4) is 0 Å². The van der Waals surface area contributed by atoms with Crippen molar-refractivity contribution < 1.29 is 18.3 Å². The first kappa shape index (κ1) is 15.6. The molecule has 1 rings (SSSR count). The van der Waals surface area contributed by atoms with Gasteiger partial charge in [-0.05, 0) is 5.56 Å². The van der Waals surface area contributed by atoms with Crippen LogP contribution in [-0.2, 0) is 21.5 Å². The van der Waals surface area contributed by atoms with E-state index >= 15 is 0 Å². The number of carbonyl (C=O) groups is 1. The van der Waals surface area contributed by atoms with Gasteiger partial charge in [0, 0.05) is 20.1 Å². The van der Waals surface area contributed by atoms with Crippen molar-refractivity contribution in [1.82, 2.24) is 9.03 Å². The molecule has 7 heteroatoms. The number of aliphatic carboxylic acids is 1. The van der Waals surface area contributed by atoms with E-state index in [2.05, 4.69) is 4.72 Å². The minimum absolute atomic E-state index is 0.0700. The molecule has 0 bridgehead atoms. The van der Waals surface area contributed by atoms with Gasteiger partial charge in [-0.15, -0.1) is 0 Å². The molecule has 0 aliphatic rings. The largest absolute Gasteiger partial charge is 0.481 e. The summed E-state index contributed by atoms with van der Waals surface area (Å²) in [5.74, 6) is -1.77. The summed E-state index contributed by atoms with van der Waals surface area (Å²) < 4.78 is 27.2. The Morgan fingerprint density at radius 1 is 1.37 bits per heavy atom. The molecule has 0 radical (unpaired) electrons. The number of carboxylic acids is 1. The lowest BCUT2D eigenvalue weighted by Crippen LogP contribution is -2.41. The minimum Gasteiger partial charge on any atom is -0.481 e. The second kappa shape index (κ2) is 6.65. The molecule has 0 aromatic heterocycles. The van der Waals surface area contributed by atoms with Gasteiger partial charge < -0.3 is 5.11 Å². The molecule has 6 nitrogen and oxygen atoms in total. The molecule has 2 N–H and O–H groups in total. The maximum atomic E-state index is 11.9. The zero-order valence-corrected chi connectivity index (χ0v) is 11.7. The Labute approximate surface area is 113 Å². The summed E-state index contributed by atoms with van der Waals surface area (Å²) in [6.07, 6.45) is 0. The molecular formula is C12H18N2O4S. The summed E-state index contributed by atoms with van der Waals surface area (Å²) in [6, 6.07) is 9.10. The molecule has 0 amide bonds. The average molecular weight is 286 g/mol. The minimum atomic E-state index is -3.67. The van der Waals surface area contributed by atoms with E-state index in [9.17, 15) is 13.2 Å². The predicted molar refractivity (Wildman–Crippen MR) is 71.6 cm³/mol. The monoisotopic (exact) mass is 286 g/mol. The van der Waals surface area contributed by atoms with Crippen molar-refractivity contribution in [3.05, 3.63) is 35.9 Å². The number of benzene rings is 1. The van der Waals surface area contributed by atoms with E-state index in [0.29, 0.717) is 0 Å². The molecule has 1 aromatic carbocycles. The van der Waals surface area contributed by atoms with Crippen LogP contribution < -0.4 is 4.72 Å². The fraction of sp³-hybridized carbons (Fsp3) is 0.417. The number of nitrogens with one attached hydrogen (secondary N) is 1. The summed E-state index contributed by atoms with van der Waals surface area (Å²) in [6.45, 7) is 1.57. The third kappa shape index (κ3) is 4.98. The highest BCUT2D eigenvalue weighted by atomic mass is 32.2. The van der Waals surface area contributed by atoms with Crippen molar-refractivity contribution in [3.8, 4) is 0 Å². The Hall–Kier alpha value is -1.44. The van der Waals surface area contributed by atoms with E-state index in [1.54, 1.807) is 0 Å². The molecule has 0 spiro atoms. The molecule has 0 fully saturated rings. The lowest BCUT2D eigenvalue weighted by Gasteiger charge is -2.19. The zero-order chi connectivity index (χ0) is 14.5. The van der Waals surface area contributed by atoms with Crippen LogP contribution in [0.25, 0.3) is 0 Å². The van der Waals surface area contributed by atoms with Crippen LogP contribution in [0, 0.1) is 5.92 Å². The van der Waals surface area contributed by atoms with Crippen molar-refractivity contribution in [2.45, 2.75) is 13.5 Å². The summed E-state index contributed by atoms with van der Waals surface area (Å²) in [5, 5.41) is 8.76. The number of rotatable bonds is 7. The number of hydrogen-bond donors (Lipinski definition) is 2. The lowest BCUT2D eigenvalue weighted by atomic mass is 10.2. The Morgan fingerprint density at radius 2 is 1.95 bits per heavy atom. The fourth-order valence-electron chi connectivity index (χ4n) is 1.44. The van der Waals surface area contributed by atoms with E-state index in [4.69, 9.17) is 5.11 Å². The summed E-state index contributed by atoms with van der Waals surface area (Å²) in [7, 11) is -2.31. The van der Waals surface area contributed by atoms with E-state index in [-0.39, 0.29) is 13.1 Å². The van der Waals surface area contributed by atoms with Crippen molar-refractivity contribution in [2.75, 3.05) is 13.6 Å². The number of carboxylic acid groups (broad SMARTS) is 1. The molecule has 0 aliphatic heterocycles. The number of hydrogen-bond acceptors (Lipinski definition) is 3. The fourth-order valence-corrected chi connectivity index (χ4v) is 2.43. The topological polar surface area (TPSA) is 86.7 Å². The van der Waals surface area contributed by atoms with Crippen LogP contribution in [0.15, 0.2) is 30.3 Å². The summed E-state index contributed by atoms with van der Waals surface area (Å²) in [5.41, 5.74) is 0.839. The van der Waals surface area contributed by atoms with Crippen molar-refractivity contribution in [3.63, 3.8) is 0 Å². The highest BCUT2D eigenvalue weighted by Crippen LogP contribution is 2.04. The van der Waals surface area contributed by atoms with Crippen LogP contribution in [0.4, 0.5) is 0 Å². The second-order valence-corrected chi connectivity index (χ2v) is 6.19. The zero-order valence-electron chi connectivity index (χ0n) is 10.9. The molecule has 19 heavy (non-hydrogen) atoms. The van der Waals surface area contributed by atoms with Crippen molar-refractivity contribution in [2.24, 2.45) is 5.92 Å². The molecule has 1 unspecified atom stereocenters. The van der Waals surface area contributed by atoms with Crippen LogP contribution in [0.5, 0.6) is 0 Å². The smallest absolute Gasteiger partial charge is 0.307 e. The first-order chi connectivity index (χ1) is 8.83. The van der Waals surface area contributed by atoms with Crippen LogP contribution >= 0.6 is 0 Å². The van der Waals surface area contributed by atoms with Gasteiger partial charge in [0.15, 0.2) is 0 Å². The van der Waals surface area contributed by atoms with Crippen LogP contribution in [-0.4, -0.2) is 37.4 Å². The Balaban J connectivity index is 2.58. The SMILES string of the molecule is CC(CN(C)S(=O)(=O)NCc1ccccc1)C(=O)O. The van der Waals surface area contributed by atoms with Crippen LogP contribution in [0.1, 0.15) is 12.5 Å². The number of nitrogens with zero attached hydrogens (tertiary/aromatic N) is 1. The highest BCUT2D eigenvalue weighted by molar-refractivity contribution is 7.87. The van der Waals surface area contributed by atoms with Gasteiger partial charge in [0.1, 0.15) is 0 Å². The van der Waals surface area contributed by atoms with Gasteiger partial charge in [-0.3, -0.25) is 4.79 Å². The second-order valence-electron chi connectivity index (χ2n) is 4.33. The van der Waals surface area contributed by atoms with Gasteiger partial charge in [0.25, 0.3) is 10.2 Å². The first-order valence-corrected chi connectivity index (χ1v) is 7.24. The predicted octanol–water partition coefficient (Wildman–Crippen LogP) is 0.673. The third-order valence-corrected chi connectivity index (χ3v) is 4.14. The summed E-state index contributed by atoms with van der Waals surface area (Å²) in [4.78, 5) is 10.7. The molecule has 1 aromatic rings. The Kier molecular flexibility index (Phi) is 5.46. The third-order valence-electron chi connectivity index (χ3n) is 2.66. The highest BCUT2D eigenvalue weighted by Gasteiger charge is 2.22. The van der Waals surface area contributed by atoms with Crippen LogP contribution in [0.2, 0.25) is 0 Å². The molecule has 0 aliphatic carbocycles. The van der Waals surface area contributed by atoms with E-state index in [1.165, 1.54) is 14.0 Å². The van der Waals surface area contributed by atoms with Gasteiger partial charge in [-0.25, -0.2) is 0 Å².